The average molecular weight is 311 g/mol. The molecule has 2 aromatic carbocycles. The molecule has 1 heterocycles. The first kappa shape index (κ1) is 13.9. The zero-order chi connectivity index (χ0) is 15.0. The third kappa shape index (κ3) is 2.38. The second-order valence-electron chi connectivity index (χ2n) is 4.51. The molecular formula is C15H10ClF3N2. The molecule has 0 amide bonds. The van der Waals surface area contributed by atoms with Crippen LogP contribution >= 0.6 is 11.6 Å². The minimum absolute atomic E-state index is 0.0294. The van der Waals surface area contributed by atoms with Crippen LogP contribution in [0.1, 0.15) is 5.82 Å². The molecule has 1 aromatic heterocycles. The third-order valence-corrected chi connectivity index (χ3v) is 3.37. The molecule has 0 saturated carbocycles. The van der Waals surface area contributed by atoms with Crippen LogP contribution in [0.15, 0.2) is 36.4 Å². The number of fused-ring (bicyclic) bond motifs is 1. The molecular weight excluding hydrogens is 301 g/mol. The number of hydrogen-bond acceptors (Lipinski definition) is 1. The fourth-order valence-corrected chi connectivity index (χ4v) is 2.44. The monoisotopic (exact) mass is 310 g/mol. The second-order valence-corrected chi connectivity index (χ2v) is 4.89. The molecule has 0 aliphatic rings. The van der Waals surface area contributed by atoms with Crippen LogP contribution < -0.4 is 0 Å². The number of rotatable bonds is 3. The van der Waals surface area contributed by atoms with Gasteiger partial charge < -0.3 is 0 Å². The molecule has 0 aliphatic heterocycles. The lowest BCUT2D eigenvalue weighted by Gasteiger charge is -2.09. The van der Waals surface area contributed by atoms with Crippen LogP contribution in [-0.4, -0.2) is 15.4 Å². The fraction of sp³-hybridized carbons (Fsp3) is 0.133. The summed E-state index contributed by atoms with van der Waals surface area (Å²) in [5.74, 6) is -1.56. The van der Waals surface area contributed by atoms with Crippen LogP contribution in [-0.2, 0) is 6.42 Å². The smallest absolute Gasteiger partial charge is 0.185 e. The Labute approximate surface area is 123 Å². The first-order chi connectivity index (χ1) is 10.1. The molecule has 3 aromatic rings. The number of hydrogen-bond donors (Lipinski definition) is 0. The lowest BCUT2D eigenvalue weighted by molar-refractivity contribution is 0.514. The number of aromatic nitrogens is 2. The summed E-state index contributed by atoms with van der Waals surface area (Å²) in [6, 6.07) is 7.92. The van der Waals surface area contributed by atoms with Gasteiger partial charge in [0.25, 0.3) is 0 Å². The van der Waals surface area contributed by atoms with Crippen LogP contribution in [0.3, 0.4) is 0 Å². The van der Waals surface area contributed by atoms with E-state index in [4.69, 9.17) is 11.6 Å². The molecule has 3 rings (SSSR count). The molecule has 2 nitrogen and oxygen atoms in total. The Kier molecular flexibility index (Phi) is 3.59. The Morgan fingerprint density at radius 3 is 2.38 bits per heavy atom. The number of benzene rings is 2. The van der Waals surface area contributed by atoms with Crippen molar-refractivity contribution in [2.75, 3.05) is 5.88 Å². The van der Waals surface area contributed by atoms with Crippen LogP contribution in [0.4, 0.5) is 13.2 Å². The number of imidazole rings is 1. The molecule has 0 saturated heterocycles. The Morgan fingerprint density at radius 1 is 1.00 bits per heavy atom. The molecule has 0 bridgehead atoms. The van der Waals surface area contributed by atoms with Gasteiger partial charge in [0.1, 0.15) is 17.2 Å². The Bertz CT molecular complexity index is 797. The van der Waals surface area contributed by atoms with Crippen molar-refractivity contribution < 1.29 is 13.2 Å². The van der Waals surface area contributed by atoms with Crippen molar-refractivity contribution in [3.63, 3.8) is 0 Å². The highest BCUT2D eigenvalue weighted by atomic mass is 35.5. The molecule has 108 valence electrons. The lowest BCUT2D eigenvalue weighted by Crippen LogP contribution is -2.03. The van der Waals surface area contributed by atoms with Gasteiger partial charge in [-0.15, -0.1) is 11.6 Å². The van der Waals surface area contributed by atoms with E-state index in [0.717, 1.165) is 6.07 Å². The van der Waals surface area contributed by atoms with Gasteiger partial charge in [0, 0.05) is 18.0 Å². The summed E-state index contributed by atoms with van der Waals surface area (Å²) in [4.78, 5) is 4.28. The van der Waals surface area contributed by atoms with Gasteiger partial charge in [-0.1, -0.05) is 0 Å². The molecule has 0 radical (unpaired) electrons. The standard InChI is InChI=1S/C15H10ClF3N2/c16-8-7-13-20-12-6-5-11(18)14(19)15(12)21(13)10-3-1-9(17)2-4-10/h1-6H,7-8H2. The van der Waals surface area contributed by atoms with Gasteiger partial charge in [-0.25, -0.2) is 18.2 Å². The van der Waals surface area contributed by atoms with Crippen molar-refractivity contribution in [2.45, 2.75) is 6.42 Å². The van der Waals surface area contributed by atoms with Crippen molar-refractivity contribution in [1.29, 1.82) is 0 Å². The molecule has 21 heavy (non-hydrogen) atoms. The molecule has 0 unspecified atom stereocenters. The lowest BCUT2D eigenvalue weighted by atomic mass is 10.2. The molecule has 6 heteroatoms. The van der Waals surface area contributed by atoms with Crippen molar-refractivity contribution in [3.8, 4) is 5.69 Å². The maximum absolute atomic E-state index is 14.1. The van der Waals surface area contributed by atoms with Crippen molar-refractivity contribution >= 4 is 22.6 Å². The Morgan fingerprint density at radius 2 is 1.71 bits per heavy atom. The highest BCUT2D eigenvalue weighted by molar-refractivity contribution is 6.17. The second kappa shape index (κ2) is 5.41. The summed E-state index contributed by atoms with van der Waals surface area (Å²) >= 11 is 5.74. The maximum Gasteiger partial charge on any atom is 0.185 e. The SMILES string of the molecule is Fc1ccc(-n2c(CCCl)nc3ccc(F)c(F)c32)cc1. The highest BCUT2D eigenvalue weighted by Gasteiger charge is 2.18. The normalized spacial score (nSPS) is 11.2. The number of alkyl halides is 1. The largest absolute Gasteiger partial charge is 0.293 e. The first-order valence-electron chi connectivity index (χ1n) is 6.29. The Balaban J connectivity index is 2.34. The van der Waals surface area contributed by atoms with E-state index in [0.29, 0.717) is 23.4 Å². The zero-order valence-electron chi connectivity index (χ0n) is 10.8. The number of halogens is 4. The number of aryl methyl sites for hydroxylation is 1. The van der Waals surface area contributed by atoms with E-state index < -0.39 is 17.5 Å². The quantitative estimate of drug-likeness (QED) is 0.662. The van der Waals surface area contributed by atoms with Crippen LogP contribution in [0.5, 0.6) is 0 Å². The number of nitrogens with zero attached hydrogens (tertiary/aromatic N) is 2. The van der Waals surface area contributed by atoms with Crippen LogP contribution in [0.2, 0.25) is 0 Å². The van der Waals surface area contributed by atoms with E-state index >= 15 is 0 Å². The van der Waals surface area contributed by atoms with Gasteiger partial charge in [0.05, 0.1) is 5.52 Å². The van der Waals surface area contributed by atoms with Crippen molar-refractivity contribution in [2.24, 2.45) is 0 Å². The molecule has 0 fully saturated rings. The van der Waals surface area contributed by atoms with E-state index in [9.17, 15) is 13.2 Å². The predicted octanol–water partition coefficient (Wildman–Crippen LogP) is 4.22. The van der Waals surface area contributed by atoms with E-state index in [-0.39, 0.29) is 11.4 Å². The van der Waals surface area contributed by atoms with Crippen LogP contribution in [0.25, 0.3) is 16.7 Å². The van der Waals surface area contributed by atoms with Crippen molar-refractivity contribution in [3.05, 3.63) is 59.7 Å². The highest BCUT2D eigenvalue weighted by Crippen LogP contribution is 2.26. The fourth-order valence-electron chi connectivity index (χ4n) is 2.27. The first-order valence-corrected chi connectivity index (χ1v) is 6.82. The Hall–Kier alpha value is -2.01. The average Bonchev–Trinajstić information content (AvgIpc) is 2.83. The van der Waals surface area contributed by atoms with Gasteiger partial charge in [-0.2, -0.15) is 0 Å². The van der Waals surface area contributed by atoms with E-state index in [1.165, 1.54) is 34.9 Å². The maximum atomic E-state index is 14.1. The topological polar surface area (TPSA) is 17.8 Å². The summed E-state index contributed by atoms with van der Waals surface area (Å²) in [5, 5.41) is 0. The summed E-state index contributed by atoms with van der Waals surface area (Å²) in [6.07, 6.45) is 0.384. The van der Waals surface area contributed by atoms with Gasteiger partial charge in [0.15, 0.2) is 11.6 Å². The van der Waals surface area contributed by atoms with Crippen LogP contribution in [0, 0.1) is 17.5 Å². The van der Waals surface area contributed by atoms with E-state index in [1.54, 1.807) is 0 Å². The molecule has 0 atom stereocenters. The summed E-state index contributed by atoms with van der Waals surface area (Å²) in [5.41, 5.74) is 0.864. The predicted molar refractivity (Wildman–Crippen MR) is 75.4 cm³/mol. The van der Waals surface area contributed by atoms with E-state index in [2.05, 4.69) is 4.98 Å². The summed E-state index contributed by atoms with van der Waals surface area (Å²) in [6.45, 7) is 0. The van der Waals surface area contributed by atoms with E-state index in [1.807, 2.05) is 0 Å². The molecule has 0 N–H and O–H groups in total. The summed E-state index contributed by atoms with van der Waals surface area (Å²) in [7, 11) is 0. The molecule has 0 spiro atoms. The van der Waals surface area contributed by atoms with Crippen molar-refractivity contribution in [1.82, 2.24) is 9.55 Å². The van der Waals surface area contributed by atoms with Gasteiger partial charge in [-0.05, 0) is 36.4 Å². The minimum atomic E-state index is -0.981. The van der Waals surface area contributed by atoms with Gasteiger partial charge >= 0.3 is 0 Å². The minimum Gasteiger partial charge on any atom is -0.293 e. The molecule has 0 aliphatic carbocycles. The van der Waals surface area contributed by atoms with Gasteiger partial charge in [0.2, 0.25) is 0 Å². The third-order valence-electron chi connectivity index (χ3n) is 3.18. The summed E-state index contributed by atoms with van der Waals surface area (Å²) < 4.78 is 42.2. The van der Waals surface area contributed by atoms with Gasteiger partial charge in [-0.3, -0.25) is 4.57 Å². The zero-order valence-corrected chi connectivity index (χ0v) is 11.5.